The molecule has 0 aliphatic carbocycles. The molecule has 2 aromatic carbocycles. The van der Waals surface area contributed by atoms with Crippen molar-refractivity contribution in [2.45, 2.75) is 19.5 Å². The minimum Gasteiger partial charge on any atom is -0.368 e. The molecule has 5 heteroatoms. The van der Waals surface area contributed by atoms with Crippen LogP contribution in [0.15, 0.2) is 60.7 Å². The first-order valence-electron chi connectivity index (χ1n) is 7.74. The van der Waals surface area contributed by atoms with Crippen molar-refractivity contribution in [3.63, 3.8) is 0 Å². The van der Waals surface area contributed by atoms with Crippen LogP contribution < -0.4 is 11.1 Å². The van der Waals surface area contributed by atoms with E-state index in [0.717, 1.165) is 26.7 Å². The molecule has 0 bridgehead atoms. The zero-order chi connectivity index (χ0) is 16.9. The number of nitrogens with zero attached hydrogens (tertiary/aromatic N) is 1. The third-order valence-corrected chi connectivity index (χ3v) is 5.00. The summed E-state index contributed by atoms with van der Waals surface area (Å²) < 4.78 is 0. The summed E-state index contributed by atoms with van der Waals surface area (Å²) in [5, 5.41) is 4.24. The maximum atomic E-state index is 11.8. The first-order chi connectivity index (χ1) is 11.6. The van der Waals surface area contributed by atoms with Gasteiger partial charge in [0.05, 0.1) is 5.69 Å². The van der Waals surface area contributed by atoms with Crippen molar-refractivity contribution in [2.75, 3.05) is 0 Å². The van der Waals surface area contributed by atoms with Gasteiger partial charge in [0.25, 0.3) is 0 Å². The molecule has 1 amide bonds. The van der Waals surface area contributed by atoms with Gasteiger partial charge in [-0.25, -0.2) is 4.98 Å². The van der Waals surface area contributed by atoms with Gasteiger partial charge in [-0.1, -0.05) is 60.7 Å². The predicted molar refractivity (Wildman–Crippen MR) is 97.5 cm³/mol. The Bertz CT molecular complexity index is 815. The Morgan fingerprint density at radius 2 is 1.75 bits per heavy atom. The molecule has 0 aliphatic rings. The maximum Gasteiger partial charge on any atom is 0.239 e. The van der Waals surface area contributed by atoms with Gasteiger partial charge in [-0.3, -0.25) is 10.1 Å². The van der Waals surface area contributed by atoms with Gasteiger partial charge in [0.2, 0.25) is 5.91 Å². The molecule has 3 rings (SSSR count). The Balaban J connectivity index is 1.76. The number of hydrogen-bond acceptors (Lipinski definition) is 4. The molecule has 122 valence electrons. The van der Waals surface area contributed by atoms with Crippen molar-refractivity contribution < 1.29 is 4.79 Å². The van der Waals surface area contributed by atoms with Crippen LogP contribution >= 0.6 is 11.3 Å². The highest BCUT2D eigenvalue weighted by molar-refractivity contribution is 7.15. The van der Waals surface area contributed by atoms with Crippen LogP contribution in [0.5, 0.6) is 0 Å². The lowest BCUT2D eigenvalue weighted by atomic mass is 10.1. The van der Waals surface area contributed by atoms with Gasteiger partial charge in [0.1, 0.15) is 11.0 Å². The van der Waals surface area contributed by atoms with Crippen molar-refractivity contribution in [3.05, 3.63) is 76.8 Å². The summed E-state index contributed by atoms with van der Waals surface area (Å²) in [6.07, 6.45) is 0. The van der Waals surface area contributed by atoms with E-state index < -0.39 is 6.04 Å². The first-order valence-corrected chi connectivity index (χ1v) is 8.56. The zero-order valence-electron chi connectivity index (χ0n) is 13.4. The van der Waals surface area contributed by atoms with Crippen LogP contribution in [-0.4, -0.2) is 10.9 Å². The predicted octanol–water partition coefficient (Wildman–Crippen LogP) is 3.43. The van der Waals surface area contributed by atoms with Crippen LogP contribution in [0.3, 0.4) is 0 Å². The van der Waals surface area contributed by atoms with E-state index in [1.807, 2.05) is 67.6 Å². The molecule has 0 radical (unpaired) electrons. The molecule has 3 aromatic rings. The van der Waals surface area contributed by atoms with Crippen molar-refractivity contribution in [1.29, 1.82) is 0 Å². The molecule has 1 aromatic heterocycles. The Morgan fingerprint density at radius 3 is 2.38 bits per heavy atom. The topological polar surface area (TPSA) is 68.0 Å². The quantitative estimate of drug-likeness (QED) is 0.724. The van der Waals surface area contributed by atoms with Crippen molar-refractivity contribution in [3.8, 4) is 10.6 Å². The van der Waals surface area contributed by atoms with E-state index in [0.29, 0.717) is 6.54 Å². The lowest BCUT2D eigenvalue weighted by Crippen LogP contribution is -2.33. The van der Waals surface area contributed by atoms with Gasteiger partial charge in [0.15, 0.2) is 0 Å². The molecule has 3 N–H and O–H groups in total. The zero-order valence-corrected chi connectivity index (χ0v) is 14.2. The van der Waals surface area contributed by atoms with E-state index in [9.17, 15) is 4.79 Å². The summed E-state index contributed by atoms with van der Waals surface area (Å²) in [6, 6.07) is 19.1. The number of thiazole rings is 1. The summed E-state index contributed by atoms with van der Waals surface area (Å²) in [6.45, 7) is 2.54. The SMILES string of the molecule is Cc1nc(-c2ccccc2)sc1CN[C@@H](C(N)=O)c1ccccc1. The number of benzene rings is 2. The van der Waals surface area contributed by atoms with Crippen molar-refractivity contribution in [2.24, 2.45) is 5.73 Å². The second kappa shape index (κ2) is 7.38. The molecule has 0 saturated carbocycles. The monoisotopic (exact) mass is 337 g/mol. The summed E-state index contributed by atoms with van der Waals surface area (Å²) >= 11 is 1.64. The van der Waals surface area contributed by atoms with E-state index in [2.05, 4.69) is 10.3 Å². The highest BCUT2D eigenvalue weighted by atomic mass is 32.1. The molecular formula is C19H19N3OS. The minimum atomic E-state index is -0.507. The Labute approximate surface area is 145 Å². The number of aromatic nitrogens is 1. The molecule has 0 fully saturated rings. The van der Waals surface area contributed by atoms with E-state index in [1.54, 1.807) is 11.3 Å². The number of hydrogen-bond donors (Lipinski definition) is 2. The Morgan fingerprint density at radius 1 is 1.12 bits per heavy atom. The van der Waals surface area contributed by atoms with Gasteiger partial charge in [-0.05, 0) is 12.5 Å². The summed E-state index contributed by atoms with van der Waals surface area (Å²) in [4.78, 5) is 17.5. The number of carbonyl (C=O) groups is 1. The van der Waals surface area contributed by atoms with Crippen LogP contribution in [0.2, 0.25) is 0 Å². The molecule has 0 unspecified atom stereocenters. The van der Waals surface area contributed by atoms with E-state index >= 15 is 0 Å². The molecule has 1 heterocycles. The molecular weight excluding hydrogens is 318 g/mol. The van der Waals surface area contributed by atoms with Gasteiger partial charge in [-0.15, -0.1) is 11.3 Å². The number of nitrogens with one attached hydrogen (secondary N) is 1. The number of rotatable bonds is 6. The average molecular weight is 337 g/mol. The molecule has 0 aliphatic heterocycles. The molecule has 24 heavy (non-hydrogen) atoms. The van der Waals surface area contributed by atoms with Crippen molar-refractivity contribution >= 4 is 17.2 Å². The fourth-order valence-corrected chi connectivity index (χ4v) is 3.54. The molecule has 4 nitrogen and oxygen atoms in total. The van der Waals surface area contributed by atoms with Crippen LogP contribution in [0.25, 0.3) is 10.6 Å². The fourth-order valence-electron chi connectivity index (χ4n) is 2.52. The van der Waals surface area contributed by atoms with Gasteiger partial charge < -0.3 is 5.73 Å². The number of amides is 1. The summed E-state index contributed by atoms with van der Waals surface area (Å²) in [5.41, 5.74) is 8.50. The largest absolute Gasteiger partial charge is 0.368 e. The number of nitrogens with two attached hydrogens (primary N) is 1. The molecule has 1 atom stereocenters. The second-order valence-electron chi connectivity index (χ2n) is 5.52. The van der Waals surface area contributed by atoms with Crippen LogP contribution in [0.1, 0.15) is 22.2 Å². The first kappa shape index (κ1) is 16.4. The van der Waals surface area contributed by atoms with Gasteiger partial charge in [-0.2, -0.15) is 0 Å². The van der Waals surface area contributed by atoms with Crippen LogP contribution in [0.4, 0.5) is 0 Å². The third kappa shape index (κ3) is 3.69. The number of carbonyl (C=O) groups excluding carboxylic acids is 1. The van der Waals surface area contributed by atoms with E-state index in [4.69, 9.17) is 5.73 Å². The minimum absolute atomic E-state index is 0.383. The standard InChI is InChI=1S/C19H19N3OS/c1-13-16(24-19(22-13)15-10-6-3-7-11-15)12-21-17(18(20)23)14-8-4-2-5-9-14/h2-11,17,21H,12H2,1H3,(H2,20,23)/t17-/m1/s1. The van der Waals surface area contributed by atoms with Gasteiger partial charge >= 0.3 is 0 Å². The summed E-state index contributed by atoms with van der Waals surface area (Å²) in [5.74, 6) is -0.383. The van der Waals surface area contributed by atoms with E-state index in [1.165, 1.54) is 0 Å². The van der Waals surface area contributed by atoms with Crippen molar-refractivity contribution in [1.82, 2.24) is 10.3 Å². The fraction of sp³-hybridized carbons (Fsp3) is 0.158. The Kier molecular flexibility index (Phi) is 5.03. The third-order valence-electron chi connectivity index (χ3n) is 3.80. The lowest BCUT2D eigenvalue weighted by Gasteiger charge is -2.15. The van der Waals surface area contributed by atoms with Crippen LogP contribution in [0, 0.1) is 6.92 Å². The molecule has 0 saturated heterocycles. The smallest absolute Gasteiger partial charge is 0.239 e. The van der Waals surface area contributed by atoms with Gasteiger partial charge in [0, 0.05) is 17.0 Å². The number of aryl methyl sites for hydroxylation is 1. The number of primary amides is 1. The van der Waals surface area contributed by atoms with E-state index in [-0.39, 0.29) is 5.91 Å². The summed E-state index contributed by atoms with van der Waals surface area (Å²) in [7, 11) is 0. The lowest BCUT2D eigenvalue weighted by molar-refractivity contribution is -0.120. The average Bonchev–Trinajstić information content (AvgIpc) is 2.98. The Hall–Kier alpha value is -2.50. The van der Waals surface area contributed by atoms with Crippen LogP contribution in [-0.2, 0) is 11.3 Å². The molecule has 0 spiro atoms. The normalized spacial score (nSPS) is 12.0. The highest BCUT2D eigenvalue weighted by Crippen LogP contribution is 2.28. The second-order valence-corrected chi connectivity index (χ2v) is 6.60. The maximum absolute atomic E-state index is 11.8. The highest BCUT2D eigenvalue weighted by Gasteiger charge is 2.18.